The zero-order valence-corrected chi connectivity index (χ0v) is 5.80. The predicted octanol–water partition coefficient (Wildman–Crippen LogP) is 1.06. The molecule has 1 aromatic heterocycles. The van der Waals surface area contributed by atoms with Gasteiger partial charge in [-0.3, -0.25) is 0 Å². The number of nitrogens with one attached hydrogen (secondary N) is 1. The van der Waals surface area contributed by atoms with Gasteiger partial charge in [-0.1, -0.05) is 6.58 Å². The SMILES string of the molecule is C=C1NCCn2cccc21. The van der Waals surface area contributed by atoms with Crippen molar-refractivity contribution in [1.29, 1.82) is 0 Å². The summed E-state index contributed by atoms with van der Waals surface area (Å²) >= 11 is 0. The fourth-order valence-corrected chi connectivity index (χ4v) is 1.30. The standard InChI is InChI=1S/C8H10N2/c1-7-8-3-2-5-10(8)6-4-9-7/h2-3,5,9H,1,4,6H2. The van der Waals surface area contributed by atoms with Gasteiger partial charge in [-0.15, -0.1) is 0 Å². The molecule has 0 bridgehead atoms. The molecule has 1 N–H and O–H groups in total. The maximum absolute atomic E-state index is 3.90. The van der Waals surface area contributed by atoms with Crippen molar-refractivity contribution < 1.29 is 0 Å². The first-order valence-electron chi connectivity index (χ1n) is 3.46. The molecule has 0 radical (unpaired) electrons. The quantitative estimate of drug-likeness (QED) is 0.561. The Kier molecular flexibility index (Phi) is 1.07. The van der Waals surface area contributed by atoms with Crippen LogP contribution < -0.4 is 5.32 Å². The van der Waals surface area contributed by atoms with Gasteiger partial charge in [0, 0.05) is 19.3 Å². The molecule has 0 fully saturated rings. The van der Waals surface area contributed by atoms with Crippen molar-refractivity contribution in [3.8, 4) is 0 Å². The Balaban J connectivity index is 2.50. The van der Waals surface area contributed by atoms with Crippen LogP contribution in [-0.2, 0) is 6.54 Å². The smallest absolute Gasteiger partial charge is 0.0636 e. The predicted molar refractivity (Wildman–Crippen MR) is 41.5 cm³/mol. The minimum absolute atomic E-state index is 1.00. The van der Waals surface area contributed by atoms with Crippen LogP contribution >= 0.6 is 0 Å². The normalized spacial score (nSPS) is 16.2. The summed E-state index contributed by atoms with van der Waals surface area (Å²) in [6.07, 6.45) is 2.08. The Morgan fingerprint density at radius 2 is 2.50 bits per heavy atom. The molecule has 1 aromatic rings. The third-order valence-corrected chi connectivity index (χ3v) is 1.83. The summed E-state index contributed by atoms with van der Waals surface area (Å²) in [6, 6.07) is 4.13. The summed E-state index contributed by atoms with van der Waals surface area (Å²) in [4.78, 5) is 0. The van der Waals surface area contributed by atoms with Gasteiger partial charge in [-0.25, -0.2) is 0 Å². The van der Waals surface area contributed by atoms with Gasteiger partial charge >= 0.3 is 0 Å². The number of hydrogen-bond donors (Lipinski definition) is 1. The van der Waals surface area contributed by atoms with Crippen molar-refractivity contribution in [2.24, 2.45) is 0 Å². The number of rotatable bonds is 0. The lowest BCUT2D eigenvalue weighted by atomic mass is 10.3. The third kappa shape index (κ3) is 0.652. The van der Waals surface area contributed by atoms with E-state index in [1.54, 1.807) is 0 Å². The van der Waals surface area contributed by atoms with E-state index in [-0.39, 0.29) is 0 Å². The minimum Gasteiger partial charge on any atom is -0.382 e. The summed E-state index contributed by atoms with van der Waals surface area (Å²) in [6.45, 7) is 5.95. The fraction of sp³-hybridized carbons (Fsp3) is 0.250. The third-order valence-electron chi connectivity index (χ3n) is 1.83. The Hall–Kier alpha value is -1.18. The molecule has 0 amide bonds. The number of fused-ring (bicyclic) bond motifs is 1. The first-order valence-corrected chi connectivity index (χ1v) is 3.46. The zero-order valence-electron chi connectivity index (χ0n) is 5.80. The average Bonchev–Trinajstić information content (AvgIpc) is 2.36. The van der Waals surface area contributed by atoms with Gasteiger partial charge in [0.25, 0.3) is 0 Å². The largest absolute Gasteiger partial charge is 0.382 e. The monoisotopic (exact) mass is 134 g/mol. The van der Waals surface area contributed by atoms with Gasteiger partial charge in [0.1, 0.15) is 0 Å². The lowest BCUT2D eigenvalue weighted by Crippen LogP contribution is -2.25. The topological polar surface area (TPSA) is 17.0 Å². The average molecular weight is 134 g/mol. The van der Waals surface area contributed by atoms with Crippen LogP contribution in [0.4, 0.5) is 0 Å². The van der Waals surface area contributed by atoms with Gasteiger partial charge in [-0.2, -0.15) is 0 Å². The molecule has 0 atom stereocenters. The first kappa shape index (κ1) is 5.59. The van der Waals surface area contributed by atoms with Gasteiger partial charge in [0.15, 0.2) is 0 Å². The molecule has 0 aromatic carbocycles. The second-order valence-corrected chi connectivity index (χ2v) is 2.49. The van der Waals surface area contributed by atoms with E-state index in [0.29, 0.717) is 0 Å². The lowest BCUT2D eigenvalue weighted by Gasteiger charge is -2.18. The zero-order chi connectivity index (χ0) is 6.97. The van der Waals surface area contributed by atoms with E-state index in [2.05, 4.69) is 28.7 Å². The molecule has 0 saturated carbocycles. The lowest BCUT2D eigenvalue weighted by molar-refractivity contribution is 0.628. The first-order chi connectivity index (χ1) is 4.88. The summed E-state index contributed by atoms with van der Waals surface area (Å²) in [5.74, 6) is 0. The van der Waals surface area contributed by atoms with Crippen molar-refractivity contribution in [2.75, 3.05) is 6.54 Å². The van der Waals surface area contributed by atoms with E-state index in [9.17, 15) is 0 Å². The van der Waals surface area contributed by atoms with Crippen molar-refractivity contribution in [3.63, 3.8) is 0 Å². The van der Waals surface area contributed by atoms with Crippen molar-refractivity contribution in [1.82, 2.24) is 9.88 Å². The van der Waals surface area contributed by atoms with E-state index in [1.165, 1.54) is 5.69 Å². The number of hydrogen-bond acceptors (Lipinski definition) is 1. The molecule has 0 saturated heterocycles. The number of nitrogens with zero attached hydrogens (tertiary/aromatic N) is 1. The highest BCUT2D eigenvalue weighted by molar-refractivity contribution is 5.59. The molecule has 1 aliphatic heterocycles. The molecular weight excluding hydrogens is 124 g/mol. The highest BCUT2D eigenvalue weighted by Gasteiger charge is 2.08. The molecule has 2 rings (SSSR count). The fourth-order valence-electron chi connectivity index (χ4n) is 1.30. The molecule has 2 heteroatoms. The van der Waals surface area contributed by atoms with Crippen molar-refractivity contribution in [2.45, 2.75) is 6.54 Å². The van der Waals surface area contributed by atoms with Crippen LogP contribution in [0.25, 0.3) is 5.70 Å². The Labute approximate surface area is 60.2 Å². The van der Waals surface area contributed by atoms with Crippen LogP contribution in [0.5, 0.6) is 0 Å². The second-order valence-electron chi connectivity index (χ2n) is 2.49. The summed E-state index contributed by atoms with van der Waals surface area (Å²) in [5, 5.41) is 3.21. The van der Waals surface area contributed by atoms with Crippen LogP contribution in [-0.4, -0.2) is 11.1 Å². The Morgan fingerprint density at radius 3 is 3.30 bits per heavy atom. The van der Waals surface area contributed by atoms with Crippen molar-refractivity contribution >= 4 is 5.70 Å². The molecule has 1 aliphatic rings. The van der Waals surface area contributed by atoms with Gasteiger partial charge in [0.05, 0.1) is 11.4 Å². The minimum atomic E-state index is 1.00. The summed E-state index contributed by atoms with van der Waals surface area (Å²) < 4.78 is 2.21. The van der Waals surface area contributed by atoms with Gasteiger partial charge < -0.3 is 9.88 Å². The molecular formula is C8H10N2. The van der Waals surface area contributed by atoms with E-state index in [0.717, 1.165) is 18.8 Å². The molecule has 10 heavy (non-hydrogen) atoms. The van der Waals surface area contributed by atoms with E-state index in [1.807, 2.05) is 6.07 Å². The van der Waals surface area contributed by atoms with Crippen molar-refractivity contribution in [3.05, 3.63) is 30.6 Å². The molecule has 52 valence electrons. The van der Waals surface area contributed by atoms with Crippen LogP contribution in [0.1, 0.15) is 5.69 Å². The van der Waals surface area contributed by atoms with Crippen LogP contribution in [0.3, 0.4) is 0 Å². The Bertz CT molecular complexity index is 260. The van der Waals surface area contributed by atoms with Crippen LogP contribution in [0.2, 0.25) is 0 Å². The maximum atomic E-state index is 3.90. The van der Waals surface area contributed by atoms with E-state index < -0.39 is 0 Å². The van der Waals surface area contributed by atoms with E-state index in [4.69, 9.17) is 0 Å². The van der Waals surface area contributed by atoms with Gasteiger partial charge in [0.2, 0.25) is 0 Å². The highest BCUT2D eigenvalue weighted by atomic mass is 15.1. The number of aromatic nitrogens is 1. The highest BCUT2D eigenvalue weighted by Crippen LogP contribution is 2.13. The molecule has 0 spiro atoms. The summed E-state index contributed by atoms with van der Waals surface area (Å²) in [7, 11) is 0. The molecule has 0 unspecified atom stereocenters. The molecule has 2 heterocycles. The Morgan fingerprint density at radius 1 is 1.60 bits per heavy atom. The summed E-state index contributed by atoms with van der Waals surface area (Å²) in [5.41, 5.74) is 2.25. The van der Waals surface area contributed by atoms with Crippen LogP contribution in [0.15, 0.2) is 24.9 Å². The van der Waals surface area contributed by atoms with E-state index >= 15 is 0 Å². The van der Waals surface area contributed by atoms with Gasteiger partial charge in [-0.05, 0) is 12.1 Å². The molecule has 0 aliphatic carbocycles. The molecule has 2 nitrogen and oxygen atoms in total. The maximum Gasteiger partial charge on any atom is 0.0636 e. The second kappa shape index (κ2) is 1.90. The van der Waals surface area contributed by atoms with Crippen LogP contribution in [0, 0.1) is 0 Å².